The van der Waals surface area contributed by atoms with Gasteiger partial charge in [0.05, 0.1) is 17.5 Å². The van der Waals surface area contributed by atoms with Gasteiger partial charge < -0.3 is 27.7 Å². The number of nitrogens with two attached hydrogens (primary N) is 4. The molecular formula is C23H27ClN6O6S. The number of amidine groups is 1. The van der Waals surface area contributed by atoms with Gasteiger partial charge in [0.25, 0.3) is 10.1 Å². The number of primary amides is 1. The van der Waals surface area contributed by atoms with Crippen LogP contribution in [0.3, 0.4) is 0 Å². The van der Waals surface area contributed by atoms with Crippen molar-refractivity contribution in [3.8, 4) is 5.75 Å². The molecule has 0 aliphatic rings. The lowest BCUT2D eigenvalue weighted by Gasteiger charge is -2.14. The van der Waals surface area contributed by atoms with Crippen LogP contribution in [0.25, 0.3) is 10.8 Å². The van der Waals surface area contributed by atoms with Crippen LogP contribution in [-0.4, -0.2) is 42.9 Å². The number of hydrogen-bond donors (Lipinski definition) is 6. The molecule has 10 N–H and O–H groups in total. The molecule has 0 radical (unpaired) electrons. The number of nitrogen functional groups attached to an aromatic ring is 1. The van der Waals surface area contributed by atoms with Crippen LogP contribution in [-0.2, 0) is 21.3 Å². The molecule has 0 saturated heterocycles. The van der Waals surface area contributed by atoms with Gasteiger partial charge in [-0.2, -0.15) is 8.42 Å². The molecule has 0 unspecified atom stereocenters. The Bertz CT molecular complexity index is 1430. The molecule has 0 saturated carbocycles. The zero-order valence-corrected chi connectivity index (χ0v) is 21.3. The molecule has 0 bridgehead atoms. The normalized spacial score (nSPS) is 10.3. The molecule has 1 amide bonds. The predicted molar refractivity (Wildman–Crippen MR) is 144 cm³/mol. The molecular weight excluding hydrogens is 524 g/mol. The molecule has 37 heavy (non-hydrogen) atoms. The predicted octanol–water partition coefficient (Wildman–Crippen LogP) is 1.59. The van der Waals surface area contributed by atoms with Crippen LogP contribution in [0.2, 0.25) is 0 Å². The first kappa shape index (κ1) is 30.8. The lowest BCUT2D eigenvalue weighted by atomic mass is 9.97. The summed E-state index contributed by atoms with van der Waals surface area (Å²) in [5, 5.41) is 9.19. The zero-order valence-electron chi connectivity index (χ0n) is 19.7. The molecule has 198 valence electrons. The summed E-state index contributed by atoms with van der Waals surface area (Å²) in [6.45, 7) is 0. The summed E-state index contributed by atoms with van der Waals surface area (Å²) in [6, 6.07) is 14.9. The third-order valence-corrected chi connectivity index (χ3v) is 4.58. The molecule has 3 aromatic carbocycles. The first-order valence-corrected chi connectivity index (χ1v) is 12.1. The van der Waals surface area contributed by atoms with Crippen molar-refractivity contribution in [1.82, 2.24) is 0 Å². The van der Waals surface area contributed by atoms with E-state index in [9.17, 15) is 18.0 Å². The number of esters is 1. The number of aryl methyl sites for hydroxylation is 1. The summed E-state index contributed by atoms with van der Waals surface area (Å²) < 4.78 is 31.5. The minimum absolute atomic E-state index is 0. The van der Waals surface area contributed by atoms with Gasteiger partial charge >= 0.3 is 5.97 Å². The fourth-order valence-electron chi connectivity index (χ4n) is 3.12. The van der Waals surface area contributed by atoms with Crippen LogP contribution < -0.4 is 27.7 Å². The Morgan fingerprint density at radius 3 is 2.05 bits per heavy atom. The first-order valence-electron chi connectivity index (χ1n) is 10.3. The summed E-state index contributed by atoms with van der Waals surface area (Å²) in [4.78, 5) is 27.9. The topological polar surface area (TPSA) is 238 Å². The number of ether oxygens (including phenoxy) is 1. The number of rotatable bonds is 7. The van der Waals surface area contributed by atoms with Gasteiger partial charge in [0.15, 0.2) is 5.96 Å². The van der Waals surface area contributed by atoms with E-state index in [1.165, 1.54) is 0 Å². The van der Waals surface area contributed by atoms with E-state index < -0.39 is 22.0 Å². The highest BCUT2D eigenvalue weighted by Crippen LogP contribution is 2.31. The number of nitrogens with one attached hydrogen (secondary N) is 1. The molecule has 0 spiro atoms. The number of halogens is 1. The van der Waals surface area contributed by atoms with Crippen molar-refractivity contribution < 1.29 is 27.3 Å². The number of benzene rings is 3. The molecule has 12 nitrogen and oxygen atoms in total. The third-order valence-electron chi connectivity index (χ3n) is 4.58. The van der Waals surface area contributed by atoms with Crippen molar-refractivity contribution in [3.63, 3.8) is 0 Å². The monoisotopic (exact) mass is 550 g/mol. The van der Waals surface area contributed by atoms with E-state index >= 15 is 0 Å². The molecule has 0 aromatic heterocycles. The Hall–Kier alpha value is -4.20. The van der Waals surface area contributed by atoms with Crippen molar-refractivity contribution in [2.75, 3.05) is 6.26 Å². The highest BCUT2D eigenvalue weighted by Gasteiger charge is 2.16. The quantitative estimate of drug-likeness (QED) is 0.0821. The number of guanidine groups is 1. The molecule has 0 heterocycles. The average molecular weight is 551 g/mol. The van der Waals surface area contributed by atoms with Crippen LogP contribution in [0.5, 0.6) is 5.75 Å². The molecule has 0 fully saturated rings. The Morgan fingerprint density at radius 2 is 1.54 bits per heavy atom. The molecule has 3 rings (SSSR count). The smallest absolute Gasteiger partial charge is 0.343 e. The van der Waals surface area contributed by atoms with Crippen molar-refractivity contribution in [3.05, 3.63) is 71.3 Å². The van der Waals surface area contributed by atoms with E-state index in [1.54, 1.807) is 54.6 Å². The van der Waals surface area contributed by atoms with Crippen LogP contribution >= 0.6 is 12.4 Å². The summed E-state index contributed by atoms with van der Waals surface area (Å²) in [5.41, 5.74) is 23.6. The van der Waals surface area contributed by atoms with Gasteiger partial charge in [-0.05, 0) is 53.6 Å². The van der Waals surface area contributed by atoms with E-state index in [4.69, 9.17) is 37.6 Å². The standard InChI is InChI=1S/C22H22N6O3.CH4O3S.ClH/c23-19(29)10-8-17-16-7-3-14(20(24)25)11-13(16)4-9-18(17)31-21(30)12-1-5-15(6-2-12)28-22(26)27;1-5(2,3)4;/h1-7,9,11H,8,10H2,(H2,23,29)(H3,24,25)(H4,26,27,28);1H3,(H,2,3,4);1H. The maximum atomic E-state index is 12.7. The van der Waals surface area contributed by atoms with E-state index in [0.29, 0.717) is 34.4 Å². The van der Waals surface area contributed by atoms with Crippen LogP contribution in [0.1, 0.15) is 27.9 Å². The van der Waals surface area contributed by atoms with Gasteiger partial charge in [0.1, 0.15) is 11.6 Å². The summed E-state index contributed by atoms with van der Waals surface area (Å²) in [6.07, 6.45) is 1.09. The summed E-state index contributed by atoms with van der Waals surface area (Å²) >= 11 is 0. The lowest BCUT2D eigenvalue weighted by Crippen LogP contribution is -2.21. The number of carbonyl (C=O) groups is 2. The SMILES string of the molecule is CS(=O)(=O)O.Cl.N=C(N)c1ccc2c(CCC(N)=O)c(OC(=O)c3ccc(N=C(N)N)cc3)ccc2c1. The number of hydrogen-bond acceptors (Lipinski definition) is 7. The number of nitrogens with zero attached hydrogens (tertiary/aromatic N) is 1. The Balaban J connectivity index is 0.00000104. The molecule has 0 atom stereocenters. The Labute approximate surface area is 219 Å². The fraction of sp³-hybridized carbons (Fsp3) is 0.130. The second-order valence-corrected chi connectivity index (χ2v) is 9.03. The fourth-order valence-corrected chi connectivity index (χ4v) is 3.12. The van der Waals surface area contributed by atoms with Crippen LogP contribution in [0.4, 0.5) is 5.69 Å². The number of carbonyl (C=O) groups excluding carboxylic acids is 2. The number of aliphatic imine (C=N–C) groups is 1. The zero-order chi connectivity index (χ0) is 27.0. The van der Waals surface area contributed by atoms with Crippen LogP contribution in [0, 0.1) is 5.41 Å². The van der Waals surface area contributed by atoms with Gasteiger partial charge in [-0.25, -0.2) is 9.79 Å². The van der Waals surface area contributed by atoms with Crippen molar-refractivity contribution in [2.24, 2.45) is 27.9 Å². The number of fused-ring (bicyclic) bond motifs is 1. The lowest BCUT2D eigenvalue weighted by molar-refractivity contribution is -0.117. The molecule has 0 aliphatic heterocycles. The largest absolute Gasteiger partial charge is 0.423 e. The average Bonchev–Trinajstić information content (AvgIpc) is 2.76. The minimum atomic E-state index is -3.67. The maximum absolute atomic E-state index is 12.7. The highest BCUT2D eigenvalue weighted by molar-refractivity contribution is 7.85. The molecule has 14 heteroatoms. The number of amides is 1. The third kappa shape index (κ3) is 10.1. The Morgan fingerprint density at radius 1 is 0.973 bits per heavy atom. The summed E-state index contributed by atoms with van der Waals surface area (Å²) in [5.74, 6) is -0.859. The van der Waals surface area contributed by atoms with E-state index in [2.05, 4.69) is 4.99 Å². The van der Waals surface area contributed by atoms with E-state index in [0.717, 1.165) is 10.8 Å². The highest BCUT2D eigenvalue weighted by atomic mass is 35.5. The van der Waals surface area contributed by atoms with Crippen molar-refractivity contribution >= 4 is 62.7 Å². The van der Waals surface area contributed by atoms with Gasteiger partial charge in [-0.3, -0.25) is 14.8 Å². The Kier molecular flexibility index (Phi) is 11.0. The van der Waals surface area contributed by atoms with Gasteiger partial charge in [-0.1, -0.05) is 18.2 Å². The molecule has 0 aliphatic carbocycles. The second kappa shape index (κ2) is 13.2. The first-order chi connectivity index (χ1) is 16.7. The van der Waals surface area contributed by atoms with Gasteiger partial charge in [0.2, 0.25) is 5.91 Å². The van der Waals surface area contributed by atoms with Crippen molar-refractivity contribution in [1.29, 1.82) is 5.41 Å². The van der Waals surface area contributed by atoms with Gasteiger partial charge in [-0.15, -0.1) is 12.4 Å². The minimum Gasteiger partial charge on any atom is -0.423 e. The molecule has 3 aromatic rings. The summed E-state index contributed by atoms with van der Waals surface area (Å²) in [7, 11) is -3.67. The maximum Gasteiger partial charge on any atom is 0.343 e. The second-order valence-electron chi connectivity index (χ2n) is 7.56. The van der Waals surface area contributed by atoms with Crippen LogP contribution in [0.15, 0.2) is 59.6 Å². The van der Waals surface area contributed by atoms with E-state index in [1.807, 2.05) is 0 Å². The van der Waals surface area contributed by atoms with Crippen molar-refractivity contribution in [2.45, 2.75) is 12.8 Å². The van der Waals surface area contributed by atoms with E-state index in [-0.39, 0.29) is 37.0 Å². The van der Waals surface area contributed by atoms with Gasteiger partial charge in [0, 0.05) is 17.5 Å².